The molecule has 0 aliphatic rings. The molecule has 0 spiro atoms. The van der Waals surface area contributed by atoms with Gasteiger partial charge in [-0.2, -0.15) is 0 Å². The van der Waals surface area contributed by atoms with Gasteiger partial charge in [0.05, 0.1) is 26.7 Å². The molecule has 1 nitrogen and oxygen atoms in total. The summed E-state index contributed by atoms with van der Waals surface area (Å²) in [6.07, 6.45) is 1.30. The topological polar surface area (TPSA) is 0 Å². The highest BCUT2D eigenvalue weighted by Crippen LogP contribution is 2.01. The van der Waals surface area contributed by atoms with Crippen molar-refractivity contribution >= 4 is 0 Å². The lowest BCUT2D eigenvalue weighted by Crippen LogP contribution is -3.00. The fourth-order valence-electron chi connectivity index (χ4n) is 1.08. The molecule has 0 amide bonds. The molecular formula is C8H20IN. The molecule has 0 saturated carbocycles. The van der Waals surface area contributed by atoms with Gasteiger partial charge in [-0.05, 0) is 20.3 Å². The maximum atomic E-state index is 2.32. The summed E-state index contributed by atoms with van der Waals surface area (Å²) in [4.78, 5) is 0. The third kappa shape index (κ3) is 4.50. The molecule has 0 aromatic rings. The lowest BCUT2D eigenvalue weighted by atomic mass is 10.3. The van der Waals surface area contributed by atoms with Gasteiger partial charge in [0.15, 0.2) is 0 Å². The van der Waals surface area contributed by atoms with Crippen LogP contribution < -0.4 is 24.0 Å². The molecule has 0 aromatic heterocycles. The van der Waals surface area contributed by atoms with Gasteiger partial charge in [0.25, 0.3) is 0 Å². The van der Waals surface area contributed by atoms with Crippen molar-refractivity contribution in [1.29, 1.82) is 0 Å². The number of quaternary nitrogens is 1. The number of hydrogen-bond acceptors (Lipinski definition) is 0. The molecule has 64 valence electrons. The predicted molar refractivity (Wildman–Crippen MR) is 42.4 cm³/mol. The molecule has 0 saturated heterocycles. The Bertz CT molecular complexity index is 69.7. The van der Waals surface area contributed by atoms with Crippen molar-refractivity contribution in [2.45, 2.75) is 27.2 Å². The summed E-state index contributed by atoms with van der Waals surface area (Å²) in [7, 11) is 2.32. The van der Waals surface area contributed by atoms with Gasteiger partial charge in [0, 0.05) is 0 Å². The van der Waals surface area contributed by atoms with Gasteiger partial charge in [0.2, 0.25) is 0 Å². The summed E-state index contributed by atoms with van der Waals surface area (Å²) in [5, 5.41) is 0. The zero-order valence-corrected chi connectivity index (χ0v) is 9.81. The Kier molecular flexibility index (Phi) is 8.51. The molecule has 0 aliphatic heterocycles. The van der Waals surface area contributed by atoms with Crippen molar-refractivity contribution in [3.05, 3.63) is 0 Å². The van der Waals surface area contributed by atoms with Crippen molar-refractivity contribution < 1.29 is 28.5 Å². The Morgan fingerprint density at radius 3 is 1.50 bits per heavy atom. The summed E-state index contributed by atoms with van der Waals surface area (Å²) in [5.74, 6) is 0. The van der Waals surface area contributed by atoms with E-state index in [1.165, 1.54) is 30.5 Å². The fraction of sp³-hybridized carbons (Fsp3) is 1.00. The first-order chi connectivity index (χ1) is 4.18. The summed E-state index contributed by atoms with van der Waals surface area (Å²) < 4.78 is 1.23. The smallest absolute Gasteiger partial charge is 0.0781 e. The maximum Gasteiger partial charge on any atom is 0.0781 e. The Morgan fingerprint density at radius 2 is 1.40 bits per heavy atom. The summed E-state index contributed by atoms with van der Waals surface area (Å²) in [5.41, 5.74) is 0. The molecule has 0 radical (unpaired) electrons. The minimum absolute atomic E-state index is 0. The Balaban J connectivity index is 0. The van der Waals surface area contributed by atoms with Crippen LogP contribution in [-0.2, 0) is 0 Å². The van der Waals surface area contributed by atoms with Crippen molar-refractivity contribution in [2.75, 3.05) is 26.7 Å². The first kappa shape index (κ1) is 13.3. The minimum Gasteiger partial charge on any atom is -1.00 e. The first-order valence-corrected chi connectivity index (χ1v) is 4.02. The van der Waals surface area contributed by atoms with E-state index in [1.54, 1.807) is 0 Å². The quantitative estimate of drug-likeness (QED) is 0.442. The predicted octanol–water partition coefficient (Wildman–Crippen LogP) is -1.11. The molecule has 2 heteroatoms. The van der Waals surface area contributed by atoms with Crippen LogP contribution in [0.2, 0.25) is 0 Å². The number of nitrogens with zero attached hydrogens (tertiary/aromatic N) is 1. The second kappa shape index (κ2) is 6.40. The van der Waals surface area contributed by atoms with Crippen molar-refractivity contribution in [1.82, 2.24) is 0 Å². The second-order valence-corrected chi connectivity index (χ2v) is 2.98. The maximum absolute atomic E-state index is 2.32. The van der Waals surface area contributed by atoms with Gasteiger partial charge in [-0.3, -0.25) is 0 Å². The first-order valence-electron chi connectivity index (χ1n) is 4.02. The molecule has 10 heavy (non-hydrogen) atoms. The highest BCUT2D eigenvalue weighted by Gasteiger charge is 2.13. The van der Waals surface area contributed by atoms with Crippen molar-refractivity contribution in [3.63, 3.8) is 0 Å². The summed E-state index contributed by atoms with van der Waals surface area (Å²) in [6.45, 7) is 10.6. The normalized spacial score (nSPS) is 10.8. The Labute approximate surface area is 82.4 Å². The molecule has 0 atom stereocenters. The van der Waals surface area contributed by atoms with Crippen molar-refractivity contribution in [2.24, 2.45) is 0 Å². The van der Waals surface area contributed by atoms with Gasteiger partial charge < -0.3 is 28.5 Å². The minimum atomic E-state index is 0. The van der Waals surface area contributed by atoms with E-state index in [0.717, 1.165) is 0 Å². The summed E-state index contributed by atoms with van der Waals surface area (Å²) >= 11 is 0. The molecule has 0 aromatic carbocycles. The van der Waals surface area contributed by atoms with Gasteiger partial charge in [-0.25, -0.2) is 0 Å². The molecule has 0 N–H and O–H groups in total. The number of hydrogen-bond donors (Lipinski definition) is 0. The average Bonchev–Trinajstić information content (AvgIpc) is 1.89. The molecule has 0 fully saturated rings. The van der Waals surface area contributed by atoms with Crippen LogP contribution in [0.4, 0.5) is 0 Å². The lowest BCUT2D eigenvalue weighted by Gasteiger charge is -2.31. The highest BCUT2D eigenvalue weighted by molar-refractivity contribution is 4.30. The second-order valence-electron chi connectivity index (χ2n) is 2.98. The van der Waals surface area contributed by atoms with Crippen LogP contribution >= 0.6 is 0 Å². The third-order valence-corrected chi connectivity index (χ3v) is 2.29. The van der Waals surface area contributed by atoms with Crippen LogP contribution in [0.5, 0.6) is 0 Å². The highest BCUT2D eigenvalue weighted by atomic mass is 127. The van der Waals surface area contributed by atoms with Gasteiger partial charge in [-0.1, -0.05) is 6.92 Å². The molecule has 0 unspecified atom stereocenters. The Morgan fingerprint density at radius 1 is 1.00 bits per heavy atom. The average molecular weight is 257 g/mol. The lowest BCUT2D eigenvalue weighted by molar-refractivity contribution is -0.906. The van der Waals surface area contributed by atoms with Crippen LogP contribution in [0.3, 0.4) is 0 Å². The van der Waals surface area contributed by atoms with E-state index in [9.17, 15) is 0 Å². The van der Waals surface area contributed by atoms with Gasteiger partial charge in [-0.15, -0.1) is 0 Å². The van der Waals surface area contributed by atoms with E-state index in [2.05, 4.69) is 27.8 Å². The standard InChI is InChI=1S/C8H20N.HI/c1-5-8-9(4,6-2)7-3;/h5-8H2,1-4H3;1H/q+1;/p-1. The number of rotatable bonds is 4. The molecule has 0 rings (SSSR count). The number of halogens is 1. The van der Waals surface area contributed by atoms with E-state index in [-0.39, 0.29) is 24.0 Å². The van der Waals surface area contributed by atoms with Gasteiger partial charge >= 0.3 is 0 Å². The third-order valence-electron chi connectivity index (χ3n) is 2.29. The molecular weight excluding hydrogens is 237 g/mol. The molecule has 0 bridgehead atoms. The van der Waals surface area contributed by atoms with Crippen LogP contribution in [0.15, 0.2) is 0 Å². The van der Waals surface area contributed by atoms with E-state index >= 15 is 0 Å². The van der Waals surface area contributed by atoms with Crippen LogP contribution in [0, 0.1) is 0 Å². The van der Waals surface area contributed by atoms with Gasteiger partial charge in [0.1, 0.15) is 0 Å². The summed E-state index contributed by atoms with van der Waals surface area (Å²) in [6, 6.07) is 0. The SMILES string of the molecule is CCC[N+](C)(CC)CC.[I-]. The fourth-order valence-corrected chi connectivity index (χ4v) is 1.08. The van der Waals surface area contributed by atoms with E-state index in [0.29, 0.717) is 0 Å². The molecule has 0 aliphatic carbocycles. The van der Waals surface area contributed by atoms with E-state index < -0.39 is 0 Å². The monoisotopic (exact) mass is 257 g/mol. The largest absolute Gasteiger partial charge is 1.00 e. The van der Waals surface area contributed by atoms with Crippen molar-refractivity contribution in [3.8, 4) is 0 Å². The zero-order valence-electron chi connectivity index (χ0n) is 7.65. The van der Waals surface area contributed by atoms with Crippen LogP contribution in [-0.4, -0.2) is 31.2 Å². The Hall–Kier alpha value is 0.690. The zero-order chi connectivity index (χ0) is 7.33. The van der Waals surface area contributed by atoms with Crippen LogP contribution in [0.1, 0.15) is 27.2 Å². The molecule has 0 heterocycles. The van der Waals surface area contributed by atoms with E-state index in [1.807, 2.05) is 0 Å². The van der Waals surface area contributed by atoms with Crippen LogP contribution in [0.25, 0.3) is 0 Å². The van der Waals surface area contributed by atoms with E-state index in [4.69, 9.17) is 0 Å².